The highest BCUT2D eigenvalue weighted by molar-refractivity contribution is 5.25. The number of rotatable bonds is 6. The standard InChI is InChI=1S/C24H22F6O4/c25-23(26,27)17-5-1-15(2-6-17)13-31-21-11-9-19(21)34-22(12-10-20(22)33-21)32-14-16-3-7-18(8-4-16)24(28,29)30/h1-8,19-20H,9-14H2/t19-,20+,21+,22-. The molecule has 0 radical (unpaired) electrons. The summed E-state index contributed by atoms with van der Waals surface area (Å²) >= 11 is 0. The summed E-state index contributed by atoms with van der Waals surface area (Å²) in [6.45, 7) is 0.147. The van der Waals surface area contributed by atoms with E-state index in [9.17, 15) is 26.3 Å². The highest BCUT2D eigenvalue weighted by Gasteiger charge is 2.66. The summed E-state index contributed by atoms with van der Waals surface area (Å²) in [5.74, 6) is -1.95. The van der Waals surface area contributed by atoms with Gasteiger partial charge in [-0.2, -0.15) is 26.3 Å². The van der Waals surface area contributed by atoms with Crippen molar-refractivity contribution in [3.8, 4) is 0 Å². The largest absolute Gasteiger partial charge is 0.416 e. The van der Waals surface area contributed by atoms with Crippen molar-refractivity contribution in [2.24, 2.45) is 0 Å². The zero-order valence-electron chi connectivity index (χ0n) is 17.9. The lowest BCUT2D eigenvalue weighted by atomic mass is 9.78. The highest BCUT2D eigenvalue weighted by Crippen LogP contribution is 2.55. The average Bonchev–Trinajstić information content (AvgIpc) is 2.76. The lowest BCUT2D eigenvalue weighted by Gasteiger charge is -2.62. The molecular formula is C24H22F6O4. The Morgan fingerprint density at radius 2 is 1.00 bits per heavy atom. The van der Waals surface area contributed by atoms with Crippen LogP contribution in [0.5, 0.6) is 0 Å². The Labute approximate surface area is 191 Å². The first-order valence-corrected chi connectivity index (χ1v) is 10.9. The quantitative estimate of drug-likeness (QED) is 0.453. The minimum absolute atomic E-state index is 0.0735. The third kappa shape index (κ3) is 4.32. The van der Waals surface area contributed by atoms with Crippen LogP contribution in [0.2, 0.25) is 0 Å². The van der Waals surface area contributed by atoms with E-state index in [1.165, 1.54) is 24.3 Å². The van der Waals surface area contributed by atoms with Gasteiger partial charge < -0.3 is 18.9 Å². The maximum Gasteiger partial charge on any atom is 0.416 e. The van der Waals surface area contributed by atoms with Gasteiger partial charge in [-0.3, -0.25) is 0 Å². The fourth-order valence-electron chi connectivity index (χ4n) is 4.43. The third-order valence-electron chi connectivity index (χ3n) is 6.70. The lowest BCUT2D eigenvalue weighted by Crippen LogP contribution is -2.73. The van der Waals surface area contributed by atoms with Crippen LogP contribution in [0.4, 0.5) is 26.3 Å². The van der Waals surface area contributed by atoms with Crippen LogP contribution in [0, 0.1) is 0 Å². The summed E-state index contributed by atoms with van der Waals surface area (Å²) in [7, 11) is 0. The number of hydrogen-bond acceptors (Lipinski definition) is 4. The number of alkyl halides is 6. The molecule has 0 spiro atoms. The molecule has 3 fully saturated rings. The molecule has 2 aromatic rings. The van der Waals surface area contributed by atoms with Crippen molar-refractivity contribution in [3.63, 3.8) is 0 Å². The smallest absolute Gasteiger partial charge is 0.343 e. The van der Waals surface area contributed by atoms with E-state index < -0.39 is 47.3 Å². The van der Waals surface area contributed by atoms with Crippen molar-refractivity contribution >= 4 is 0 Å². The molecule has 34 heavy (non-hydrogen) atoms. The van der Waals surface area contributed by atoms with Crippen LogP contribution in [0.3, 0.4) is 0 Å². The summed E-state index contributed by atoms with van der Waals surface area (Å²) in [4.78, 5) is 0. The summed E-state index contributed by atoms with van der Waals surface area (Å²) in [6.07, 6.45) is -7.07. The van der Waals surface area contributed by atoms with E-state index in [1.54, 1.807) is 0 Å². The molecule has 0 unspecified atom stereocenters. The van der Waals surface area contributed by atoms with Gasteiger partial charge in [0.2, 0.25) is 0 Å². The van der Waals surface area contributed by atoms with Gasteiger partial charge in [0, 0.05) is 12.8 Å². The van der Waals surface area contributed by atoms with Crippen LogP contribution >= 0.6 is 0 Å². The first kappa shape index (κ1) is 23.6. The zero-order chi connectivity index (χ0) is 24.2. The molecule has 4 nitrogen and oxygen atoms in total. The number of benzene rings is 2. The molecule has 0 N–H and O–H groups in total. The number of fused-ring (bicyclic) bond motifs is 2. The van der Waals surface area contributed by atoms with Crippen LogP contribution in [0.15, 0.2) is 48.5 Å². The molecule has 10 heteroatoms. The maximum atomic E-state index is 12.8. The van der Waals surface area contributed by atoms with E-state index in [-0.39, 0.29) is 13.2 Å². The molecule has 184 valence electrons. The molecule has 2 aliphatic carbocycles. The second kappa shape index (κ2) is 8.22. The molecule has 2 aromatic carbocycles. The topological polar surface area (TPSA) is 36.9 Å². The number of ether oxygens (including phenoxy) is 4. The van der Waals surface area contributed by atoms with Gasteiger partial charge in [0.1, 0.15) is 12.2 Å². The minimum atomic E-state index is -4.40. The zero-order valence-corrected chi connectivity index (χ0v) is 17.9. The molecule has 0 bridgehead atoms. The molecule has 4 atom stereocenters. The molecule has 0 aromatic heterocycles. The molecule has 3 aliphatic rings. The Bertz CT molecular complexity index is 936. The van der Waals surface area contributed by atoms with E-state index in [0.717, 1.165) is 24.3 Å². The van der Waals surface area contributed by atoms with E-state index in [2.05, 4.69) is 0 Å². The van der Waals surface area contributed by atoms with E-state index >= 15 is 0 Å². The maximum absolute atomic E-state index is 12.8. The minimum Gasteiger partial charge on any atom is -0.343 e. The highest BCUT2D eigenvalue weighted by atomic mass is 19.4. The second-order valence-electron chi connectivity index (χ2n) is 8.88. The summed E-state index contributed by atoms with van der Waals surface area (Å²) in [6, 6.07) is 9.54. The number of halogens is 6. The van der Waals surface area contributed by atoms with Gasteiger partial charge in [-0.15, -0.1) is 0 Å². The van der Waals surface area contributed by atoms with Crippen molar-refractivity contribution in [2.45, 2.75) is 75.0 Å². The van der Waals surface area contributed by atoms with Crippen LogP contribution in [-0.4, -0.2) is 23.8 Å². The Kier molecular flexibility index (Phi) is 5.70. The average molecular weight is 488 g/mol. The van der Waals surface area contributed by atoms with Gasteiger partial charge >= 0.3 is 12.4 Å². The van der Waals surface area contributed by atoms with E-state index in [4.69, 9.17) is 18.9 Å². The lowest BCUT2D eigenvalue weighted by molar-refractivity contribution is -0.494. The second-order valence-corrected chi connectivity index (χ2v) is 8.88. The van der Waals surface area contributed by atoms with E-state index in [0.29, 0.717) is 36.8 Å². The van der Waals surface area contributed by atoms with Crippen molar-refractivity contribution in [3.05, 3.63) is 70.8 Å². The Balaban J connectivity index is 1.19. The van der Waals surface area contributed by atoms with Gasteiger partial charge in [-0.1, -0.05) is 24.3 Å². The van der Waals surface area contributed by atoms with Crippen molar-refractivity contribution in [1.29, 1.82) is 0 Å². The molecule has 1 aliphatic heterocycles. The van der Waals surface area contributed by atoms with Crippen molar-refractivity contribution in [2.75, 3.05) is 0 Å². The first-order chi connectivity index (χ1) is 16.0. The molecule has 0 amide bonds. The SMILES string of the molecule is FC(F)(F)c1ccc(CO[C@@]23CC[C@@H]2O[C@@]2(OCc4ccc(C(F)(F)F)cc4)CC[C@H]2O3)cc1. The summed E-state index contributed by atoms with van der Waals surface area (Å²) in [5.41, 5.74) is -0.281. The molecule has 1 heterocycles. The van der Waals surface area contributed by atoms with Gasteiger partial charge in [0.15, 0.2) is 11.6 Å². The van der Waals surface area contributed by atoms with Gasteiger partial charge in [0.25, 0.3) is 0 Å². The molecule has 5 rings (SSSR count). The molecular weight excluding hydrogens is 466 g/mol. The first-order valence-electron chi connectivity index (χ1n) is 10.9. The van der Waals surface area contributed by atoms with Crippen LogP contribution in [0.1, 0.15) is 47.9 Å². The van der Waals surface area contributed by atoms with Gasteiger partial charge in [0.05, 0.1) is 24.3 Å². The number of hydrogen-bond donors (Lipinski definition) is 0. The fourth-order valence-corrected chi connectivity index (χ4v) is 4.43. The normalized spacial score (nSPS) is 30.6. The van der Waals surface area contributed by atoms with Crippen LogP contribution < -0.4 is 0 Å². The third-order valence-corrected chi connectivity index (χ3v) is 6.70. The van der Waals surface area contributed by atoms with Crippen molar-refractivity contribution < 1.29 is 45.3 Å². The predicted octanol–water partition coefficient (Wildman–Crippen LogP) is 6.22. The Morgan fingerprint density at radius 1 is 0.647 bits per heavy atom. The monoisotopic (exact) mass is 488 g/mol. The van der Waals surface area contributed by atoms with Gasteiger partial charge in [-0.25, -0.2) is 0 Å². The summed E-state index contributed by atoms with van der Waals surface area (Å²) in [5, 5.41) is 0. The van der Waals surface area contributed by atoms with Crippen molar-refractivity contribution in [1.82, 2.24) is 0 Å². The Morgan fingerprint density at radius 3 is 1.26 bits per heavy atom. The Hall–Kier alpha value is -2.14. The predicted molar refractivity (Wildman–Crippen MR) is 106 cm³/mol. The summed E-state index contributed by atoms with van der Waals surface area (Å²) < 4.78 is 101. The van der Waals surface area contributed by atoms with Crippen LogP contribution in [0.25, 0.3) is 0 Å². The van der Waals surface area contributed by atoms with Gasteiger partial charge in [-0.05, 0) is 48.2 Å². The van der Waals surface area contributed by atoms with E-state index in [1.807, 2.05) is 0 Å². The van der Waals surface area contributed by atoms with Crippen LogP contribution in [-0.2, 0) is 44.5 Å². The molecule has 2 saturated carbocycles. The molecule has 1 saturated heterocycles. The fraction of sp³-hybridized carbons (Fsp3) is 0.500.